The molecule has 0 amide bonds. The normalized spacial score (nSPS) is 10.9. The van der Waals surface area contributed by atoms with Gasteiger partial charge in [0.15, 0.2) is 0 Å². The topological polar surface area (TPSA) is 36.9 Å². The van der Waals surface area contributed by atoms with Crippen LogP contribution in [0.25, 0.3) is 0 Å². The summed E-state index contributed by atoms with van der Waals surface area (Å²) in [6.07, 6.45) is -0.0295. The van der Waals surface area contributed by atoms with Crippen LogP contribution < -0.4 is 9.78 Å². The van der Waals surface area contributed by atoms with E-state index in [9.17, 15) is 0 Å². The van der Waals surface area contributed by atoms with Gasteiger partial charge in [-0.2, -0.15) is 9.78 Å². The number of hydrogen-bond donors (Lipinski definition) is 0. The van der Waals surface area contributed by atoms with E-state index < -0.39 is 0 Å². The van der Waals surface area contributed by atoms with E-state index in [4.69, 9.17) is 19.6 Å². The highest BCUT2D eigenvalue weighted by Crippen LogP contribution is 2.27. The summed E-state index contributed by atoms with van der Waals surface area (Å²) in [6.45, 7) is 7.53. The quantitative estimate of drug-likeness (QED) is 0.551. The molecular formula is C12H18O4. The Labute approximate surface area is 95.9 Å². The third-order valence-corrected chi connectivity index (χ3v) is 1.51. The van der Waals surface area contributed by atoms with Crippen molar-refractivity contribution in [3.8, 4) is 11.5 Å². The van der Waals surface area contributed by atoms with E-state index in [-0.39, 0.29) is 12.2 Å². The lowest BCUT2D eigenvalue weighted by Gasteiger charge is -2.12. The molecule has 4 heteroatoms. The van der Waals surface area contributed by atoms with Crippen molar-refractivity contribution in [1.82, 2.24) is 0 Å². The van der Waals surface area contributed by atoms with E-state index in [1.165, 1.54) is 0 Å². The molecule has 16 heavy (non-hydrogen) atoms. The molecular weight excluding hydrogens is 208 g/mol. The van der Waals surface area contributed by atoms with Crippen LogP contribution in [0.3, 0.4) is 0 Å². The molecule has 0 N–H and O–H groups in total. The van der Waals surface area contributed by atoms with Crippen molar-refractivity contribution in [1.29, 1.82) is 0 Å². The van der Waals surface area contributed by atoms with Crippen molar-refractivity contribution < 1.29 is 19.6 Å². The number of benzene rings is 1. The predicted molar refractivity (Wildman–Crippen MR) is 60.1 cm³/mol. The molecule has 0 spiro atoms. The second-order valence-corrected chi connectivity index (χ2v) is 3.90. The predicted octanol–water partition coefficient (Wildman–Crippen LogP) is 3.12. The van der Waals surface area contributed by atoms with Gasteiger partial charge >= 0.3 is 0 Å². The van der Waals surface area contributed by atoms with E-state index >= 15 is 0 Å². The highest BCUT2D eigenvalue weighted by Gasteiger charge is 2.08. The highest BCUT2D eigenvalue weighted by atomic mass is 17.2. The Hall–Kier alpha value is -1.26. The van der Waals surface area contributed by atoms with Gasteiger partial charge in [0.25, 0.3) is 0 Å². The van der Waals surface area contributed by atoms with E-state index in [0.29, 0.717) is 11.5 Å². The van der Waals surface area contributed by atoms with Crippen LogP contribution in [0, 0.1) is 0 Å². The largest absolute Gasteiger partial charge is 0.333 e. The molecule has 0 radical (unpaired) electrons. The van der Waals surface area contributed by atoms with Crippen LogP contribution in [0.15, 0.2) is 24.3 Å². The molecule has 0 unspecified atom stereocenters. The second-order valence-electron chi connectivity index (χ2n) is 3.90. The maximum absolute atomic E-state index is 5.13. The molecule has 0 saturated heterocycles. The Morgan fingerprint density at radius 1 is 0.750 bits per heavy atom. The summed E-state index contributed by atoms with van der Waals surface area (Å²) >= 11 is 0. The zero-order valence-corrected chi connectivity index (χ0v) is 10.1. The minimum absolute atomic E-state index is 0.0147. The third-order valence-electron chi connectivity index (χ3n) is 1.51. The van der Waals surface area contributed by atoms with Crippen LogP contribution in [0.1, 0.15) is 27.7 Å². The molecule has 0 bridgehead atoms. The van der Waals surface area contributed by atoms with Gasteiger partial charge < -0.3 is 9.78 Å². The summed E-state index contributed by atoms with van der Waals surface area (Å²) in [5, 5.41) is 0. The van der Waals surface area contributed by atoms with Crippen molar-refractivity contribution in [2.24, 2.45) is 0 Å². The van der Waals surface area contributed by atoms with Gasteiger partial charge in [0.05, 0.1) is 12.2 Å². The molecule has 0 aliphatic rings. The van der Waals surface area contributed by atoms with E-state index in [2.05, 4.69) is 0 Å². The summed E-state index contributed by atoms with van der Waals surface area (Å²) in [5.74, 6) is 0.994. The first-order valence-electron chi connectivity index (χ1n) is 5.35. The van der Waals surface area contributed by atoms with Crippen molar-refractivity contribution in [2.75, 3.05) is 0 Å². The zero-order chi connectivity index (χ0) is 12.0. The lowest BCUT2D eigenvalue weighted by molar-refractivity contribution is -0.254. The van der Waals surface area contributed by atoms with Crippen LogP contribution in [0.4, 0.5) is 0 Å². The minimum Gasteiger partial charge on any atom is -0.333 e. The lowest BCUT2D eigenvalue weighted by Crippen LogP contribution is -2.09. The number of para-hydroxylation sites is 2. The summed E-state index contributed by atoms with van der Waals surface area (Å²) in [6, 6.07) is 7.17. The van der Waals surface area contributed by atoms with Gasteiger partial charge in [0, 0.05) is 0 Å². The Morgan fingerprint density at radius 3 is 1.44 bits per heavy atom. The standard InChI is InChI=1S/C12H18O4/c1-9(2)13-15-11-7-5-6-8-12(11)16-14-10(3)4/h5-10H,1-4H3. The van der Waals surface area contributed by atoms with E-state index in [1.807, 2.05) is 39.8 Å². The van der Waals surface area contributed by atoms with Gasteiger partial charge in [-0.25, -0.2) is 0 Å². The first-order chi connectivity index (χ1) is 7.59. The summed E-state index contributed by atoms with van der Waals surface area (Å²) < 4.78 is 0. The molecule has 0 atom stereocenters. The molecule has 0 aromatic heterocycles. The lowest BCUT2D eigenvalue weighted by atomic mass is 10.3. The highest BCUT2D eigenvalue weighted by molar-refractivity contribution is 5.38. The van der Waals surface area contributed by atoms with Crippen molar-refractivity contribution in [2.45, 2.75) is 39.9 Å². The minimum atomic E-state index is -0.0147. The SMILES string of the molecule is CC(C)OOc1ccccc1OOC(C)C. The molecule has 0 fully saturated rings. The summed E-state index contributed by atoms with van der Waals surface area (Å²) in [4.78, 5) is 20.3. The van der Waals surface area contributed by atoms with Gasteiger partial charge in [-0.15, -0.1) is 0 Å². The molecule has 0 heterocycles. The molecule has 4 nitrogen and oxygen atoms in total. The number of rotatable bonds is 6. The van der Waals surface area contributed by atoms with Crippen LogP contribution >= 0.6 is 0 Å². The molecule has 1 aromatic rings. The van der Waals surface area contributed by atoms with E-state index in [1.54, 1.807) is 12.1 Å². The molecule has 1 aromatic carbocycles. The molecule has 1 rings (SSSR count). The van der Waals surface area contributed by atoms with Gasteiger partial charge in [-0.3, -0.25) is 0 Å². The first-order valence-corrected chi connectivity index (χ1v) is 5.35. The number of hydrogen-bond acceptors (Lipinski definition) is 4. The van der Waals surface area contributed by atoms with Crippen molar-refractivity contribution >= 4 is 0 Å². The summed E-state index contributed by atoms with van der Waals surface area (Å²) in [7, 11) is 0. The Bertz CT molecular complexity index is 279. The maximum atomic E-state index is 5.13. The van der Waals surface area contributed by atoms with Gasteiger partial charge in [0.2, 0.25) is 11.5 Å². The average Bonchev–Trinajstić information content (AvgIpc) is 2.24. The van der Waals surface area contributed by atoms with Gasteiger partial charge in [-0.1, -0.05) is 12.1 Å². The second kappa shape index (κ2) is 6.35. The smallest absolute Gasteiger partial charge is 0.211 e. The molecule has 0 aliphatic carbocycles. The van der Waals surface area contributed by atoms with Crippen molar-refractivity contribution in [3.05, 3.63) is 24.3 Å². The van der Waals surface area contributed by atoms with Gasteiger partial charge in [-0.05, 0) is 39.8 Å². The Balaban J connectivity index is 2.60. The van der Waals surface area contributed by atoms with Crippen molar-refractivity contribution in [3.63, 3.8) is 0 Å². The monoisotopic (exact) mass is 226 g/mol. The summed E-state index contributed by atoms with van der Waals surface area (Å²) in [5.41, 5.74) is 0. The van der Waals surface area contributed by atoms with Gasteiger partial charge in [0.1, 0.15) is 0 Å². The third kappa shape index (κ3) is 4.51. The fourth-order valence-corrected chi connectivity index (χ4v) is 0.884. The van der Waals surface area contributed by atoms with Crippen LogP contribution in [-0.2, 0) is 9.78 Å². The Morgan fingerprint density at radius 2 is 1.12 bits per heavy atom. The maximum Gasteiger partial charge on any atom is 0.211 e. The molecule has 0 saturated carbocycles. The Kier molecular flexibility index (Phi) is 5.08. The average molecular weight is 226 g/mol. The van der Waals surface area contributed by atoms with Crippen LogP contribution in [0.5, 0.6) is 11.5 Å². The first kappa shape index (κ1) is 12.8. The fraction of sp³-hybridized carbons (Fsp3) is 0.500. The molecule has 90 valence electrons. The fourth-order valence-electron chi connectivity index (χ4n) is 0.884. The van der Waals surface area contributed by atoms with Crippen LogP contribution in [0.2, 0.25) is 0 Å². The molecule has 0 aliphatic heterocycles. The van der Waals surface area contributed by atoms with Crippen LogP contribution in [-0.4, -0.2) is 12.2 Å². The van der Waals surface area contributed by atoms with E-state index in [0.717, 1.165) is 0 Å². The zero-order valence-electron chi connectivity index (χ0n) is 10.1.